The van der Waals surface area contributed by atoms with Crippen molar-refractivity contribution >= 4 is 22.9 Å². The molecule has 0 aliphatic carbocycles. The molecule has 0 unspecified atom stereocenters. The number of aryl methyl sites for hydroxylation is 1. The fraction of sp³-hybridized carbons (Fsp3) is 0.444. The molecule has 0 spiro atoms. The van der Waals surface area contributed by atoms with Gasteiger partial charge in [0, 0.05) is 24.6 Å². The fourth-order valence-corrected chi connectivity index (χ4v) is 4.38. The van der Waals surface area contributed by atoms with E-state index in [-0.39, 0.29) is 29.7 Å². The van der Waals surface area contributed by atoms with Crippen molar-refractivity contribution in [2.45, 2.75) is 71.7 Å². The van der Waals surface area contributed by atoms with Crippen molar-refractivity contribution in [3.05, 3.63) is 35.9 Å². The lowest BCUT2D eigenvalue weighted by molar-refractivity contribution is 0.0487. The number of carbonyl (C=O) groups is 1. The molecule has 13 heteroatoms. The zero-order valence-electron chi connectivity index (χ0n) is 23.3. The third-order valence-electron chi connectivity index (χ3n) is 5.98. The molecule has 0 aliphatic heterocycles. The Labute approximate surface area is 230 Å². The minimum absolute atomic E-state index is 0.0194. The predicted molar refractivity (Wildman–Crippen MR) is 145 cm³/mol. The van der Waals surface area contributed by atoms with E-state index in [2.05, 4.69) is 32.1 Å². The molecule has 4 aromatic heterocycles. The van der Waals surface area contributed by atoms with Crippen molar-refractivity contribution in [3.8, 4) is 29.2 Å². The second-order valence-corrected chi connectivity index (χ2v) is 10.7. The second kappa shape index (κ2) is 10.9. The fourth-order valence-electron chi connectivity index (χ4n) is 4.38. The van der Waals surface area contributed by atoms with Gasteiger partial charge in [0.15, 0.2) is 17.3 Å². The highest BCUT2D eigenvalue weighted by molar-refractivity contribution is 5.86. The number of pyridine rings is 1. The molecule has 0 radical (unpaired) electrons. The van der Waals surface area contributed by atoms with Gasteiger partial charge in [0.1, 0.15) is 29.2 Å². The van der Waals surface area contributed by atoms with Crippen molar-refractivity contribution < 1.29 is 28.8 Å². The SMILES string of the molecule is CCn1c(-c2nonc2N)nc2c(C#CC(C)(C)O)nc(OC[C@@H](Cc3ccco3)N(C(=O)O)C(C)(C)C)cc21. The normalized spacial score (nSPS) is 12.7. The molecule has 212 valence electrons. The van der Waals surface area contributed by atoms with E-state index in [0.717, 1.165) is 0 Å². The topological polar surface area (TPSA) is 179 Å². The van der Waals surface area contributed by atoms with Gasteiger partial charge < -0.3 is 29.7 Å². The lowest BCUT2D eigenvalue weighted by Crippen LogP contribution is -2.54. The van der Waals surface area contributed by atoms with Crippen LogP contribution in [0.1, 0.15) is 53.0 Å². The van der Waals surface area contributed by atoms with Gasteiger partial charge in [0.05, 0.1) is 17.8 Å². The Morgan fingerprint density at radius 2 is 2.00 bits per heavy atom. The van der Waals surface area contributed by atoms with Gasteiger partial charge in [0.25, 0.3) is 0 Å². The maximum absolute atomic E-state index is 12.3. The number of rotatable bonds is 8. The van der Waals surface area contributed by atoms with E-state index in [1.54, 1.807) is 38.3 Å². The standard InChI is InChI=1S/C27H33N7O6/c1-7-33-19-14-20(39-15-16(13-17-9-8-12-38-17)34(25(35)36)26(2,3)4)29-18(10-11-27(5,6)37)21(19)30-24(33)22-23(28)32-40-31-22/h8-9,12,14,16,37H,7,13,15H2,1-6H3,(H2,28,32)(H,35,36)/t16-/m1/s1. The molecule has 0 aliphatic rings. The van der Waals surface area contributed by atoms with Gasteiger partial charge in [0.2, 0.25) is 5.88 Å². The number of ether oxygens (including phenoxy) is 1. The number of fused-ring (bicyclic) bond motifs is 1. The summed E-state index contributed by atoms with van der Waals surface area (Å²) in [6.45, 7) is 10.9. The van der Waals surface area contributed by atoms with E-state index in [9.17, 15) is 15.0 Å². The van der Waals surface area contributed by atoms with Gasteiger partial charge in [-0.05, 0) is 69.9 Å². The summed E-state index contributed by atoms with van der Waals surface area (Å²) >= 11 is 0. The van der Waals surface area contributed by atoms with Crippen LogP contribution in [-0.4, -0.2) is 69.8 Å². The average Bonchev–Trinajstić information content (AvgIpc) is 3.59. The Kier molecular flexibility index (Phi) is 7.75. The minimum Gasteiger partial charge on any atom is -0.475 e. The summed E-state index contributed by atoms with van der Waals surface area (Å²) in [6.07, 6.45) is 0.749. The first-order chi connectivity index (χ1) is 18.8. The zero-order chi connectivity index (χ0) is 29.2. The number of imidazole rings is 1. The summed E-state index contributed by atoms with van der Waals surface area (Å²) in [7, 11) is 0. The Morgan fingerprint density at radius 3 is 2.55 bits per heavy atom. The lowest BCUT2D eigenvalue weighted by atomic mass is 10.0. The molecule has 0 bridgehead atoms. The summed E-state index contributed by atoms with van der Waals surface area (Å²) in [5.41, 5.74) is 5.53. The summed E-state index contributed by atoms with van der Waals surface area (Å²) in [5, 5.41) is 27.8. The van der Waals surface area contributed by atoms with Gasteiger partial charge in [-0.15, -0.1) is 0 Å². The number of nitrogens with two attached hydrogens (primary N) is 1. The highest BCUT2D eigenvalue weighted by atomic mass is 16.6. The maximum Gasteiger partial charge on any atom is 0.408 e. The van der Waals surface area contributed by atoms with Crippen molar-refractivity contribution in [1.29, 1.82) is 0 Å². The molecule has 1 atom stereocenters. The molecule has 1 amide bonds. The van der Waals surface area contributed by atoms with Crippen molar-refractivity contribution in [1.82, 2.24) is 29.7 Å². The van der Waals surface area contributed by atoms with E-state index in [1.807, 2.05) is 32.3 Å². The first-order valence-corrected chi connectivity index (χ1v) is 12.7. The third kappa shape index (κ3) is 6.18. The molecule has 4 rings (SSSR count). The lowest BCUT2D eigenvalue weighted by Gasteiger charge is -2.39. The highest BCUT2D eigenvalue weighted by Crippen LogP contribution is 2.30. The number of hydrogen-bond acceptors (Lipinski definition) is 10. The second-order valence-electron chi connectivity index (χ2n) is 10.7. The van der Waals surface area contributed by atoms with Gasteiger partial charge in [-0.1, -0.05) is 5.92 Å². The van der Waals surface area contributed by atoms with Crippen LogP contribution in [0.5, 0.6) is 5.88 Å². The largest absolute Gasteiger partial charge is 0.475 e. The Hall–Kier alpha value is -4.57. The van der Waals surface area contributed by atoms with Crippen LogP contribution in [0.4, 0.5) is 10.6 Å². The molecular weight excluding hydrogens is 518 g/mol. The van der Waals surface area contributed by atoms with Crippen LogP contribution in [0.15, 0.2) is 33.5 Å². The number of hydrogen-bond donors (Lipinski definition) is 3. The quantitative estimate of drug-likeness (QED) is 0.273. The van der Waals surface area contributed by atoms with E-state index in [4.69, 9.17) is 19.5 Å². The monoisotopic (exact) mass is 551 g/mol. The van der Waals surface area contributed by atoms with Crippen molar-refractivity contribution in [3.63, 3.8) is 0 Å². The molecular formula is C27H33N7O6. The average molecular weight is 552 g/mol. The number of nitrogens with zero attached hydrogens (tertiary/aromatic N) is 6. The molecule has 0 aromatic carbocycles. The number of furan rings is 1. The van der Waals surface area contributed by atoms with E-state index < -0.39 is 23.3 Å². The van der Waals surface area contributed by atoms with Crippen LogP contribution in [0.25, 0.3) is 22.6 Å². The minimum atomic E-state index is -1.29. The van der Waals surface area contributed by atoms with Crippen molar-refractivity contribution in [2.75, 3.05) is 12.3 Å². The van der Waals surface area contributed by atoms with Crippen LogP contribution >= 0.6 is 0 Å². The zero-order valence-corrected chi connectivity index (χ0v) is 23.3. The Bertz CT molecular complexity index is 1550. The summed E-state index contributed by atoms with van der Waals surface area (Å²) in [5.74, 6) is 6.97. The van der Waals surface area contributed by atoms with E-state index >= 15 is 0 Å². The number of carboxylic acid groups (broad SMARTS) is 1. The summed E-state index contributed by atoms with van der Waals surface area (Å²) in [6, 6.07) is 4.63. The number of aromatic nitrogens is 5. The van der Waals surface area contributed by atoms with Gasteiger partial charge in [-0.3, -0.25) is 4.90 Å². The molecule has 4 aromatic rings. The smallest absolute Gasteiger partial charge is 0.408 e. The van der Waals surface area contributed by atoms with Crippen LogP contribution < -0.4 is 10.5 Å². The van der Waals surface area contributed by atoms with Gasteiger partial charge in [-0.25, -0.2) is 19.4 Å². The predicted octanol–water partition coefficient (Wildman–Crippen LogP) is 3.57. The third-order valence-corrected chi connectivity index (χ3v) is 5.98. The van der Waals surface area contributed by atoms with Crippen LogP contribution in [0.3, 0.4) is 0 Å². The first kappa shape index (κ1) is 28.4. The molecule has 0 saturated carbocycles. The van der Waals surface area contributed by atoms with Gasteiger partial charge in [-0.2, -0.15) is 0 Å². The number of nitrogen functional groups attached to an aromatic ring is 1. The number of anilines is 1. The first-order valence-electron chi connectivity index (χ1n) is 12.7. The summed E-state index contributed by atoms with van der Waals surface area (Å²) < 4.78 is 18.3. The van der Waals surface area contributed by atoms with Crippen LogP contribution in [-0.2, 0) is 13.0 Å². The Morgan fingerprint density at radius 1 is 1.25 bits per heavy atom. The summed E-state index contributed by atoms with van der Waals surface area (Å²) in [4.78, 5) is 22.9. The van der Waals surface area contributed by atoms with Crippen molar-refractivity contribution in [2.24, 2.45) is 0 Å². The molecule has 40 heavy (non-hydrogen) atoms. The van der Waals surface area contributed by atoms with E-state index in [1.165, 1.54) is 4.90 Å². The molecule has 13 nitrogen and oxygen atoms in total. The number of amides is 1. The number of aliphatic hydroxyl groups is 1. The Balaban J connectivity index is 1.79. The molecule has 0 saturated heterocycles. The van der Waals surface area contributed by atoms with Crippen LogP contribution in [0.2, 0.25) is 0 Å². The highest BCUT2D eigenvalue weighted by Gasteiger charge is 2.34. The molecule has 4 N–H and O–H groups in total. The van der Waals surface area contributed by atoms with Gasteiger partial charge >= 0.3 is 6.09 Å². The molecule has 4 heterocycles. The maximum atomic E-state index is 12.3. The van der Waals surface area contributed by atoms with E-state index in [0.29, 0.717) is 35.6 Å². The molecule has 0 fully saturated rings. The van der Waals surface area contributed by atoms with Crippen LogP contribution in [0, 0.1) is 11.8 Å².